The van der Waals surface area contributed by atoms with Gasteiger partial charge in [-0.15, -0.1) is 0 Å². The van der Waals surface area contributed by atoms with Gasteiger partial charge in [0.15, 0.2) is 16.9 Å². The summed E-state index contributed by atoms with van der Waals surface area (Å²) >= 11 is 0. The van der Waals surface area contributed by atoms with Crippen LogP contribution in [0.25, 0.3) is 11.1 Å². The smallest absolute Gasteiger partial charge is 0.298 e. The van der Waals surface area contributed by atoms with Crippen LogP contribution >= 0.6 is 0 Å². The number of non-ortho nitro benzene ring substituents is 1. The number of aromatic nitrogens is 2. The Morgan fingerprint density at radius 2 is 2.26 bits per heavy atom. The minimum absolute atomic E-state index is 0.0889. The largest absolute Gasteiger partial charge is 0.423 e. The molecule has 0 unspecified atom stereocenters. The predicted molar refractivity (Wildman–Crippen MR) is 64.5 cm³/mol. The number of nitro benzene ring substituents is 1. The van der Waals surface area contributed by atoms with Gasteiger partial charge in [0, 0.05) is 12.1 Å². The van der Waals surface area contributed by atoms with Crippen molar-refractivity contribution in [2.24, 2.45) is 0 Å². The number of para-hydroxylation sites is 1. The lowest BCUT2D eigenvalue weighted by Crippen LogP contribution is -1.98. The van der Waals surface area contributed by atoms with Crippen LogP contribution in [0.5, 0.6) is 0 Å². The minimum atomic E-state index is -0.495. The van der Waals surface area contributed by atoms with Crippen LogP contribution in [-0.2, 0) is 6.54 Å². The van der Waals surface area contributed by atoms with E-state index in [0.29, 0.717) is 17.9 Å². The van der Waals surface area contributed by atoms with E-state index < -0.39 is 4.92 Å². The van der Waals surface area contributed by atoms with Gasteiger partial charge in [-0.2, -0.15) is 4.98 Å². The zero-order valence-electron chi connectivity index (χ0n) is 9.57. The van der Waals surface area contributed by atoms with Crippen molar-refractivity contribution in [2.75, 3.05) is 5.32 Å². The van der Waals surface area contributed by atoms with E-state index in [1.54, 1.807) is 18.2 Å². The quantitative estimate of drug-likeness (QED) is 0.566. The molecule has 19 heavy (non-hydrogen) atoms. The molecule has 0 fully saturated rings. The Morgan fingerprint density at radius 3 is 3.00 bits per heavy atom. The average Bonchev–Trinajstić information content (AvgIpc) is 3.04. The highest BCUT2D eigenvalue weighted by Crippen LogP contribution is 2.27. The van der Waals surface area contributed by atoms with E-state index in [1.165, 1.54) is 12.3 Å². The molecule has 2 aromatic heterocycles. The van der Waals surface area contributed by atoms with Crippen LogP contribution in [0.3, 0.4) is 0 Å². The molecule has 2 heterocycles. The third-order valence-corrected chi connectivity index (χ3v) is 2.50. The topological polar surface area (TPSA) is 107 Å². The standard InChI is InChI=1S/C11H8N4O4/c16-15(17)8-2-1-3-9-10(8)14-11(18-9)12-6-7-4-5-13-19-7/h1-5H,6H2,(H,12,14). The summed E-state index contributed by atoms with van der Waals surface area (Å²) in [6, 6.07) is 6.44. The molecule has 8 heteroatoms. The van der Waals surface area contributed by atoms with E-state index in [4.69, 9.17) is 8.94 Å². The summed E-state index contributed by atoms with van der Waals surface area (Å²) in [4.78, 5) is 14.4. The molecule has 3 rings (SSSR count). The predicted octanol–water partition coefficient (Wildman–Crippen LogP) is 2.34. The summed E-state index contributed by atoms with van der Waals surface area (Å²) in [5.41, 5.74) is 0.482. The maximum atomic E-state index is 10.8. The van der Waals surface area contributed by atoms with Gasteiger partial charge in [-0.1, -0.05) is 11.2 Å². The fraction of sp³-hybridized carbons (Fsp3) is 0.0909. The number of nitrogens with one attached hydrogen (secondary N) is 1. The van der Waals surface area contributed by atoms with Gasteiger partial charge in [0.25, 0.3) is 11.7 Å². The third-order valence-electron chi connectivity index (χ3n) is 2.50. The lowest BCUT2D eigenvalue weighted by molar-refractivity contribution is -0.383. The number of anilines is 1. The minimum Gasteiger partial charge on any atom is -0.423 e. The molecule has 1 aromatic carbocycles. The molecule has 0 bridgehead atoms. The number of hydrogen-bond acceptors (Lipinski definition) is 7. The van der Waals surface area contributed by atoms with Crippen LogP contribution in [0.15, 0.2) is 39.4 Å². The van der Waals surface area contributed by atoms with E-state index in [9.17, 15) is 10.1 Å². The molecular weight excluding hydrogens is 252 g/mol. The van der Waals surface area contributed by atoms with Crippen molar-refractivity contribution in [2.45, 2.75) is 6.54 Å². The van der Waals surface area contributed by atoms with Crippen molar-refractivity contribution in [3.05, 3.63) is 46.3 Å². The second-order valence-electron chi connectivity index (χ2n) is 3.73. The molecule has 96 valence electrons. The van der Waals surface area contributed by atoms with Crippen LogP contribution in [0.4, 0.5) is 11.7 Å². The van der Waals surface area contributed by atoms with Crippen molar-refractivity contribution >= 4 is 22.8 Å². The maximum Gasteiger partial charge on any atom is 0.298 e. The monoisotopic (exact) mass is 260 g/mol. The van der Waals surface area contributed by atoms with E-state index >= 15 is 0 Å². The van der Waals surface area contributed by atoms with Gasteiger partial charge in [-0.25, -0.2) is 0 Å². The molecule has 0 atom stereocenters. The molecule has 0 aliphatic heterocycles. The number of benzene rings is 1. The van der Waals surface area contributed by atoms with E-state index in [1.807, 2.05) is 0 Å². The molecule has 3 aromatic rings. The summed E-state index contributed by atoms with van der Waals surface area (Å²) < 4.78 is 10.3. The van der Waals surface area contributed by atoms with E-state index in [2.05, 4.69) is 15.5 Å². The van der Waals surface area contributed by atoms with Crippen molar-refractivity contribution in [3.8, 4) is 0 Å². The lowest BCUT2D eigenvalue weighted by atomic mass is 10.3. The molecular formula is C11H8N4O4. The zero-order chi connectivity index (χ0) is 13.2. The second kappa shape index (κ2) is 4.41. The Morgan fingerprint density at radius 1 is 1.37 bits per heavy atom. The summed E-state index contributed by atoms with van der Waals surface area (Å²) in [7, 11) is 0. The molecule has 0 radical (unpaired) electrons. The number of oxazole rings is 1. The van der Waals surface area contributed by atoms with Gasteiger partial charge in [-0.3, -0.25) is 10.1 Å². The SMILES string of the molecule is O=[N+]([O-])c1cccc2oc(NCc3ccno3)nc12. The molecule has 0 saturated carbocycles. The zero-order valence-corrected chi connectivity index (χ0v) is 9.57. The van der Waals surface area contributed by atoms with Crippen LogP contribution in [0, 0.1) is 10.1 Å². The number of rotatable bonds is 4. The van der Waals surface area contributed by atoms with E-state index in [0.717, 1.165) is 0 Å². The first-order valence-corrected chi connectivity index (χ1v) is 5.41. The Bertz CT molecular complexity index is 719. The molecule has 0 amide bonds. The lowest BCUT2D eigenvalue weighted by Gasteiger charge is -1.95. The summed E-state index contributed by atoms with van der Waals surface area (Å²) in [6.07, 6.45) is 1.52. The molecule has 0 saturated heterocycles. The summed E-state index contributed by atoms with van der Waals surface area (Å²) in [5, 5.41) is 17.3. The number of nitro groups is 1. The Balaban J connectivity index is 1.89. The molecule has 0 aliphatic rings. The summed E-state index contributed by atoms with van der Waals surface area (Å²) in [5.74, 6) is 0.608. The van der Waals surface area contributed by atoms with Gasteiger partial charge in [0.1, 0.15) is 0 Å². The number of hydrogen-bond donors (Lipinski definition) is 1. The van der Waals surface area contributed by atoms with Crippen LogP contribution in [-0.4, -0.2) is 15.1 Å². The van der Waals surface area contributed by atoms with Crippen molar-refractivity contribution in [1.29, 1.82) is 0 Å². The third kappa shape index (κ3) is 2.10. The number of fused-ring (bicyclic) bond motifs is 1. The second-order valence-corrected chi connectivity index (χ2v) is 3.73. The Kier molecular flexibility index (Phi) is 2.60. The van der Waals surface area contributed by atoms with Gasteiger partial charge in [0.2, 0.25) is 0 Å². The normalized spacial score (nSPS) is 10.7. The van der Waals surface area contributed by atoms with Crippen molar-refractivity contribution in [3.63, 3.8) is 0 Å². The van der Waals surface area contributed by atoms with Crippen LogP contribution in [0.2, 0.25) is 0 Å². The molecule has 8 nitrogen and oxygen atoms in total. The van der Waals surface area contributed by atoms with Crippen molar-refractivity contribution < 1.29 is 13.9 Å². The maximum absolute atomic E-state index is 10.8. The van der Waals surface area contributed by atoms with Crippen LogP contribution < -0.4 is 5.32 Å². The van der Waals surface area contributed by atoms with Gasteiger partial charge >= 0.3 is 0 Å². The Labute approximate surface area is 106 Å². The highest BCUT2D eigenvalue weighted by Gasteiger charge is 2.17. The highest BCUT2D eigenvalue weighted by molar-refractivity contribution is 5.83. The molecule has 1 N–H and O–H groups in total. The van der Waals surface area contributed by atoms with Crippen molar-refractivity contribution in [1.82, 2.24) is 10.1 Å². The average molecular weight is 260 g/mol. The first-order valence-electron chi connectivity index (χ1n) is 5.41. The van der Waals surface area contributed by atoms with Crippen LogP contribution in [0.1, 0.15) is 5.76 Å². The molecule has 0 spiro atoms. The van der Waals surface area contributed by atoms with Gasteiger partial charge < -0.3 is 14.3 Å². The first kappa shape index (κ1) is 11.2. The molecule has 0 aliphatic carbocycles. The highest BCUT2D eigenvalue weighted by atomic mass is 16.6. The first-order chi connectivity index (χ1) is 9.24. The van der Waals surface area contributed by atoms with E-state index in [-0.39, 0.29) is 17.2 Å². The summed E-state index contributed by atoms with van der Waals surface area (Å²) in [6.45, 7) is 0.334. The number of nitrogens with zero attached hydrogens (tertiary/aromatic N) is 3. The fourth-order valence-corrected chi connectivity index (χ4v) is 1.65. The fourth-order valence-electron chi connectivity index (χ4n) is 1.65. The van der Waals surface area contributed by atoms with Gasteiger partial charge in [-0.05, 0) is 6.07 Å². The van der Waals surface area contributed by atoms with Gasteiger partial charge in [0.05, 0.1) is 17.7 Å². The Hall–Kier alpha value is -2.90.